The van der Waals surface area contributed by atoms with Crippen LogP contribution in [-0.4, -0.2) is 6.04 Å². The van der Waals surface area contributed by atoms with Crippen LogP contribution in [0.3, 0.4) is 0 Å². The van der Waals surface area contributed by atoms with Gasteiger partial charge in [-0.25, -0.2) is 4.39 Å². The Labute approximate surface area is 112 Å². The van der Waals surface area contributed by atoms with Gasteiger partial charge in [-0.2, -0.15) is 5.26 Å². The van der Waals surface area contributed by atoms with Gasteiger partial charge in [0.05, 0.1) is 6.07 Å². The fourth-order valence-electron chi connectivity index (χ4n) is 2.45. The van der Waals surface area contributed by atoms with E-state index in [1.165, 1.54) is 31.4 Å². The van der Waals surface area contributed by atoms with Gasteiger partial charge in [-0.1, -0.05) is 30.9 Å². The van der Waals surface area contributed by atoms with E-state index in [4.69, 9.17) is 11.6 Å². The molecule has 96 valence electrons. The van der Waals surface area contributed by atoms with E-state index in [2.05, 4.69) is 11.4 Å². The maximum Gasteiger partial charge on any atom is 0.125 e. The van der Waals surface area contributed by atoms with Crippen molar-refractivity contribution in [3.63, 3.8) is 0 Å². The van der Waals surface area contributed by atoms with Gasteiger partial charge in [0.2, 0.25) is 0 Å². The van der Waals surface area contributed by atoms with Crippen molar-refractivity contribution in [3.8, 4) is 6.07 Å². The molecule has 1 aliphatic carbocycles. The van der Waals surface area contributed by atoms with E-state index in [0.29, 0.717) is 16.6 Å². The molecule has 2 nitrogen and oxygen atoms in total. The molecule has 0 radical (unpaired) electrons. The smallest absolute Gasteiger partial charge is 0.125 e. The fourth-order valence-corrected chi connectivity index (χ4v) is 2.69. The first-order valence-corrected chi connectivity index (χ1v) is 6.68. The minimum absolute atomic E-state index is 0.329. The molecule has 0 amide bonds. The molecule has 2 rings (SSSR count). The first-order chi connectivity index (χ1) is 8.69. The van der Waals surface area contributed by atoms with Crippen molar-refractivity contribution in [3.05, 3.63) is 34.6 Å². The van der Waals surface area contributed by atoms with Crippen LogP contribution in [0.25, 0.3) is 0 Å². The van der Waals surface area contributed by atoms with E-state index in [1.54, 1.807) is 6.07 Å². The summed E-state index contributed by atoms with van der Waals surface area (Å²) in [5, 5.41) is 12.8. The molecule has 1 N–H and O–H groups in total. The fraction of sp³-hybridized carbons (Fsp3) is 0.500. The third kappa shape index (κ3) is 3.44. The molecule has 1 fully saturated rings. The third-order valence-electron chi connectivity index (χ3n) is 3.35. The number of nitriles is 1. The van der Waals surface area contributed by atoms with Gasteiger partial charge in [0.15, 0.2) is 0 Å². The van der Waals surface area contributed by atoms with Crippen LogP contribution in [0.15, 0.2) is 18.2 Å². The van der Waals surface area contributed by atoms with Crippen LogP contribution >= 0.6 is 11.6 Å². The molecule has 1 aromatic carbocycles. The molecule has 0 bridgehead atoms. The number of nitrogens with zero attached hydrogens (tertiary/aromatic N) is 1. The van der Waals surface area contributed by atoms with Crippen LogP contribution in [0.5, 0.6) is 0 Å². The summed E-state index contributed by atoms with van der Waals surface area (Å²) in [4.78, 5) is 0. The summed E-state index contributed by atoms with van der Waals surface area (Å²) in [7, 11) is 0. The van der Waals surface area contributed by atoms with Crippen molar-refractivity contribution < 1.29 is 4.39 Å². The molecular weight excluding hydrogens is 251 g/mol. The molecule has 1 atom stereocenters. The Morgan fingerprint density at radius 3 is 2.61 bits per heavy atom. The zero-order valence-electron chi connectivity index (χ0n) is 10.1. The Balaban J connectivity index is 2.10. The average molecular weight is 267 g/mol. The molecule has 1 aliphatic rings. The highest BCUT2D eigenvalue weighted by molar-refractivity contribution is 6.30. The van der Waals surface area contributed by atoms with Crippen LogP contribution in [0.4, 0.5) is 4.39 Å². The molecule has 0 aliphatic heterocycles. The summed E-state index contributed by atoms with van der Waals surface area (Å²) in [5.41, 5.74) is 0.605. The first-order valence-electron chi connectivity index (χ1n) is 6.30. The predicted octanol–water partition coefficient (Wildman–Crippen LogP) is 3.97. The zero-order valence-corrected chi connectivity index (χ0v) is 10.9. The minimum Gasteiger partial charge on any atom is -0.295 e. The number of nitrogens with one attached hydrogen (secondary N) is 1. The van der Waals surface area contributed by atoms with Gasteiger partial charge in [0.1, 0.15) is 11.9 Å². The quantitative estimate of drug-likeness (QED) is 0.899. The minimum atomic E-state index is -0.485. The summed E-state index contributed by atoms with van der Waals surface area (Å²) in [6.45, 7) is 0. The van der Waals surface area contributed by atoms with Crippen LogP contribution < -0.4 is 5.32 Å². The highest BCUT2D eigenvalue weighted by Gasteiger charge is 2.19. The maximum absolute atomic E-state index is 13.3. The number of benzene rings is 1. The standard InChI is InChI=1S/C14H16ClFN2/c15-11-6-10(7-12(16)8-11)14(9-17)18-13-4-2-1-3-5-13/h6-8,13-14,18H,1-5H2. The zero-order chi connectivity index (χ0) is 13.0. The summed E-state index contributed by atoms with van der Waals surface area (Å²) in [6, 6.07) is 6.32. The Bertz CT molecular complexity index is 429. The lowest BCUT2D eigenvalue weighted by Gasteiger charge is -2.25. The Hall–Kier alpha value is -1.11. The number of halogens is 2. The van der Waals surface area contributed by atoms with E-state index < -0.39 is 11.9 Å². The largest absolute Gasteiger partial charge is 0.295 e. The molecule has 18 heavy (non-hydrogen) atoms. The second kappa shape index (κ2) is 6.17. The van der Waals surface area contributed by atoms with Gasteiger partial charge in [0.25, 0.3) is 0 Å². The lowest BCUT2D eigenvalue weighted by atomic mass is 9.94. The second-order valence-corrected chi connectivity index (χ2v) is 5.20. The van der Waals surface area contributed by atoms with Crippen molar-refractivity contribution in [1.82, 2.24) is 5.32 Å². The normalized spacial score (nSPS) is 18.3. The van der Waals surface area contributed by atoms with Crippen LogP contribution in [0, 0.1) is 17.1 Å². The van der Waals surface area contributed by atoms with Crippen molar-refractivity contribution >= 4 is 11.6 Å². The summed E-state index contributed by atoms with van der Waals surface area (Å²) < 4.78 is 13.3. The highest BCUT2D eigenvalue weighted by atomic mass is 35.5. The molecule has 0 aromatic heterocycles. The van der Waals surface area contributed by atoms with E-state index in [0.717, 1.165) is 12.8 Å². The van der Waals surface area contributed by atoms with E-state index in [-0.39, 0.29) is 0 Å². The molecule has 1 aromatic rings. The van der Waals surface area contributed by atoms with Gasteiger partial charge < -0.3 is 0 Å². The van der Waals surface area contributed by atoms with Gasteiger partial charge in [0, 0.05) is 11.1 Å². The number of hydrogen-bond donors (Lipinski definition) is 1. The van der Waals surface area contributed by atoms with Crippen molar-refractivity contribution in [2.24, 2.45) is 0 Å². The summed E-state index contributed by atoms with van der Waals surface area (Å²) in [6.07, 6.45) is 5.82. The lowest BCUT2D eigenvalue weighted by molar-refractivity contribution is 0.359. The predicted molar refractivity (Wildman–Crippen MR) is 69.8 cm³/mol. The van der Waals surface area contributed by atoms with Crippen LogP contribution in [0.1, 0.15) is 43.7 Å². The number of rotatable bonds is 3. The molecule has 4 heteroatoms. The lowest BCUT2D eigenvalue weighted by Crippen LogP contribution is -2.33. The Morgan fingerprint density at radius 1 is 1.28 bits per heavy atom. The van der Waals surface area contributed by atoms with E-state index in [1.807, 2.05) is 0 Å². The molecular formula is C14H16ClFN2. The van der Waals surface area contributed by atoms with Gasteiger partial charge in [-0.15, -0.1) is 0 Å². The molecule has 1 unspecified atom stereocenters. The topological polar surface area (TPSA) is 35.8 Å². The van der Waals surface area contributed by atoms with Gasteiger partial charge in [-0.3, -0.25) is 5.32 Å². The van der Waals surface area contributed by atoms with Crippen LogP contribution in [0.2, 0.25) is 5.02 Å². The second-order valence-electron chi connectivity index (χ2n) is 4.77. The highest BCUT2D eigenvalue weighted by Crippen LogP contribution is 2.23. The first kappa shape index (κ1) is 13.3. The van der Waals surface area contributed by atoms with E-state index >= 15 is 0 Å². The molecule has 0 spiro atoms. The maximum atomic E-state index is 13.3. The monoisotopic (exact) mass is 266 g/mol. The molecule has 0 saturated heterocycles. The van der Waals surface area contributed by atoms with Gasteiger partial charge >= 0.3 is 0 Å². The third-order valence-corrected chi connectivity index (χ3v) is 3.57. The Kier molecular flexibility index (Phi) is 4.57. The van der Waals surface area contributed by atoms with E-state index in [9.17, 15) is 9.65 Å². The summed E-state index contributed by atoms with van der Waals surface area (Å²) >= 11 is 5.82. The Morgan fingerprint density at radius 2 is 2.00 bits per heavy atom. The van der Waals surface area contributed by atoms with Crippen molar-refractivity contribution in [1.29, 1.82) is 5.26 Å². The SMILES string of the molecule is N#CC(NC1CCCCC1)c1cc(F)cc(Cl)c1. The van der Waals surface area contributed by atoms with Crippen molar-refractivity contribution in [2.45, 2.75) is 44.2 Å². The van der Waals surface area contributed by atoms with Gasteiger partial charge in [-0.05, 0) is 36.6 Å². The summed E-state index contributed by atoms with van der Waals surface area (Å²) in [5.74, 6) is -0.400. The van der Waals surface area contributed by atoms with Crippen LogP contribution in [-0.2, 0) is 0 Å². The van der Waals surface area contributed by atoms with Crippen molar-refractivity contribution in [2.75, 3.05) is 0 Å². The molecule has 1 saturated carbocycles. The number of hydrogen-bond acceptors (Lipinski definition) is 2. The molecule has 0 heterocycles. The average Bonchev–Trinajstić information content (AvgIpc) is 2.36.